The van der Waals surface area contributed by atoms with E-state index < -0.39 is 0 Å². The van der Waals surface area contributed by atoms with E-state index in [-0.39, 0.29) is 23.5 Å². The Hall–Kier alpha value is -1.52. The standard InChI is InChI=1S/C18H19ClFNOS/c1-12-6-8-14(9-7-12)13(2)21-18(22)11-23-10-15-16(19)4-3-5-17(15)20/h3-9,13H,10-11H2,1-2H3,(H,21,22)/t13-/m1/s1. The van der Waals surface area contributed by atoms with Crippen molar-refractivity contribution in [2.24, 2.45) is 0 Å². The molecule has 0 saturated carbocycles. The van der Waals surface area contributed by atoms with Crippen LogP contribution < -0.4 is 5.32 Å². The van der Waals surface area contributed by atoms with E-state index in [0.717, 1.165) is 5.56 Å². The molecule has 0 bridgehead atoms. The van der Waals surface area contributed by atoms with Gasteiger partial charge in [0, 0.05) is 16.3 Å². The van der Waals surface area contributed by atoms with Crippen LogP contribution in [0.25, 0.3) is 0 Å². The Morgan fingerprint density at radius 2 is 1.96 bits per heavy atom. The Kier molecular flexibility index (Phi) is 6.48. The average molecular weight is 352 g/mol. The van der Waals surface area contributed by atoms with Crippen LogP contribution >= 0.6 is 23.4 Å². The first-order valence-corrected chi connectivity index (χ1v) is 8.87. The second-order valence-electron chi connectivity index (χ2n) is 5.39. The molecular weight excluding hydrogens is 333 g/mol. The predicted octanol–water partition coefficient (Wildman–Crippen LogP) is 4.90. The Bertz CT molecular complexity index is 655. The van der Waals surface area contributed by atoms with Crippen molar-refractivity contribution in [2.45, 2.75) is 25.6 Å². The van der Waals surface area contributed by atoms with Gasteiger partial charge in [0.15, 0.2) is 0 Å². The number of amides is 1. The highest BCUT2D eigenvalue weighted by Gasteiger charge is 2.11. The molecule has 0 unspecified atom stereocenters. The zero-order valence-corrected chi connectivity index (χ0v) is 14.7. The Balaban J connectivity index is 1.82. The number of hydrogen-bond donors (Lipinski definition) is 1. The molecule has 122 valence electrons. The third-order valence-electron chi connectivity index (χ3n) is 3.50. The number of thioether (sulfide) groups is 1. The predicted molar refractivity (Wildman–Crippen MR) is 95.3 cm³/mol. The van der Waals surface area contributed by atoms with Gasteiger partial charge in [-0.05, 0) is 31.5 Å². The van der Waals surface area contributed by atoms with Crippen LogP contribution in [0.3, 0.4) is 0 Å². The third kappa shape index (κ3) is 5.26. The van der Waals surface area contributed by atoms with Crippen LogP contribution in [0.15, 0.2) is 42.5 Å². The van der Waals surface area contributed by atoms with Crippen LogP contribution in [0.1, 0.15) is 29.7 Å². The summed E-state index contributed by atoms with van der Waals surface area (Å²) in [5, 5.41) is 3.34. The summed E-state index contributed by atoms with van der Waals surface area (Å²) >= 11 is 7.31. The summed E-state index contributed by atoms with van der Waals surface area (Å²) in [6, 6.07) is 12.6. The lowest BCUT2D eigenvalue weighted by molar-refractivity contribution is -0.119. The molecule has 0 aliphatic rings. The summed E-state index contributed by atoms with van der Waals surface area (Å²) in [6.07, 6.45) is 0. The van der Waals surface area contributed by atoms with Crippen molar-refractivity contribution in [3.63, 3.8) is 0 Å². The molecule has 1 N–H and O–H groups in total. The molecule has 0 heterocycles. The van der Waals surface area contributed by atoms with Crippen molar-refractivity contribution in [1.29, 1.82) is 0 Å². The number of aryl methyl sites for hydroxylation is 1. The minimum Gasteiger partial charge on any atom is -0.349 e. The van der Waals surface area contributed by atoms with Crippen molar-refractivity contribution in [1.82, 2.24) is 5.32 Å². The van der Waals surface area contributed by atoms with E-state index in [1.54, 1.807) is 12.1 Å². The van der Waals surface area contributed by atoms with Gasteiger partial charge in [-0.25, -0.2) is 4.39 Å². The number of nitrogens with one attached hydrogen (secondary N) is 1. The highest BCUT2D eigenvalue weighted by Crippen LogP contribution is 2.24. The highest BCUT2D eigenvalue weighted by atomic mass is 35.5. The third-order valence-corrected chi connectivity index (χ3v) is 4.81. The van der Waals surface area contributed by atoms with E-state index >= 15 is 0 Å². The van der Waals surface area contributed by atoms with E-state index in [1.807, 2.05) is 38.1 Å². The molecule has 23 heavy (non-hydrogen) atoms. The van der Waals surface area contributed by atoms with Crippen molar-refractivity contribution in [2.75, 3.05) is 5.75 Å². The molecule has 5 heteroatoms. The molecule has 0 fully saturated rings. The lowest BCUT2D eigenvalue weighted by Crippen LogP contribution is -2.28. The van der Waals surface area contributed by atoms with E-state index in [9.17, 15) is 9.18 Å². The van der Waals surface area contributed by atoms with Gasteiger partial charge >= 0.3 is 0 Å². The van der Waals surface area contributed by atoms with Gasteiger partial charge in [-0.2, -0.15) is 0 Å². The summed E-state index contributed by atoms with van der Waals surface area (Å²) in [7, 11) is 0. The number of carbonyl (C=O) groups is 1. The lowest BCUT2D eigenvalue weighted by atomic mass is 10.1. The Morgan fingerprint density at radius 3 is 2.61 bits per heavy atom. The summed E-state index contributed by atoms with van der Waals surface area (Å²) in [5.74, 6) is 0.229. The van der Waals surface area contributed by atoms with Gasteiger partial charge in [0.25, 0.3) is 0 Å². The molecule has 2 rings (SSSR count). The molecule has 2 aromatic rings. The zero-order valence-electron chi connectivity index (χ0n) is 13.1. The van der Waals surface area contributed by atoms with E-state index in [0.29, 0.717) is 16.3 Å². The van der Waals surface area contributed by atoms with Crippen LogP contribution in [0.4, 0.5) is 4.39 Å². The molecule has 0 radical (unpaired) electrons. The quantitative estimate of drug-likeness (QED) is 0.802. The van der Waals surface area contributed by atoms with Crippen molar-refractivity contribution in [3.05, 3.63) is 70.0 Å². The zero-order chi connectivity index (χ0) is 16.8. The largest absolute Gasteiger partial charge is 0.349 e. The minimum atomic E-state index is -0.335. The highest BCUT2D eigenvalue weighted by molar-refractivity contribution is 7.99. The molecule has 1 amide bonds. The van der Waals surface area contributed by atoms with Gasteiger partial charge in [-0.3, -0.25) is 4.79 Å². The molecule has 1 atom stereocenters. The molecule has 2 nitrogen and oxygen atoms in total. The van der Waals surface area contributed by atoms with Crippen LogP contribution in [0.5, 0.6) is 0 Å². The molecule has 0 aliphatic carbocycles. The topological polar surface area (TPSA) is 29.1 Å². The smallest absolute Gasteiger partial charge is 0.230 e. The van der Waals surface area contributed by atoms with Gasteiger partial charge in [0.1, 0.15) is 5.82 Å². The average Bonchev–Trinajstić information content (AvgIpc) is 2.51. The molecule has 0 saturated heterocycles. The van der Waals surface area contributed by atoms with Gasteiger partial charge in [-0.15, -0.1) is 11.8 Å². The fourth-order valence-electron chi connectivity index (χ4n) is 2.14. The van der Waals surface area contributed by atoms with Gasteiger partial charge in [0.05, 0.1) is 11.8 Å². The van der Waals surface area contributed by atoms with Crippen LogP contribution in [0.2, 0.25) is 5.02 Å². The second-order valence-corrected chi connectivity index (χ2v) is 6.79. The number of carbonyl (C=O) groups excluding carboxylic acids is 1. The van der Waals surface area contributed by atoms with Crippen LogP contribution in [-0.4, -0.2) is 11.7 Å². The normalized spacial score (nSPS) is 12.0. The summed E-state index contributed by atoms with van der Waals surface area (Å²) in [4.78, 5) is 12.0. The maximum atomic E-state index is 13.6. The van der Waals surface area contributed by atoms with Gasteiger partial charge < -0.3 is 5.32 Å². The molecule has 0 aromatic heterocycles. The first-order valence-electron chi connectivity index (χ1n) is 7.34. The lowest BCUT2D eigenvalue weighted by Gasteiger charge is -2.14. The molecule has 0 aliphatic heterocycles. The molecule has 2 aromatic carbocycles. The van der Waals surface area contributed by atoms with E-state index in [1.165, 1.54) is 23.4 Å². The van der Waals surface area contributed by atoms with Gasteiger partial charge in [0.2, 0.25) is 5.91 Å². The van der Waals surface area contributed by atoms with Gasteiger partial charge in [-0.1, -0.05) is 47.5 Å². The maximum Gasteiger partial charge on any atom is 0.230 e. The maximum absolute atomic E-state index is 13.6. The molecular formula is C18H19ClFNOS. The summed E-state index contributed by atoms with van der Waals surface area (Å²) in [5.41, 5.74) is 2.69. The first-order chi connectivity index (χ1) is 11.0. The second kappa shape index (κ2) is 8.37. The van der Waals surface area contributed by atoms with Crippen LogP contribution in [0, 0.1) is 12.7 Å². The fourth-order valence-corrected chi connectivity index (χ4v) is 3.31. The van der Waals surface area contributed by atoms with E-state index in [4.69, 9.17) is 11.6 Å². The van der Waals surface area contributed by atoms with Crippen molar-refractivity contribution >= 4 is 29.3 Å². The van der Waals surface area contributed by atoms with E-state index in [2.05, 4.69) is 5.32 Å². The SMILES string of the molecule is Cc1ccc([C@@H](C)NC(=O)CSCc2c(F)cccc2Cl)cc1. The number of halogens is 2. The Labute approximate surface area is 145 Å². The van der Waals surface area contributed by atoms with Crippen molar-refractivity contribution < 1.29 is 9.18 Å². The number of hydrogen-bond acceptors (Lipinski definition) is 2. The Morgan fingerprint density at radius 1 is 1.26 bits per heavy atom. The molecule has 0 spiro atoms. The van der Waals surface area contributed by atoms with Crippen molar-refractivity contribution in [3.8, 4) is 0 Å². The first kappa shape index (κ1) is 17.8. The number of benzene rings is 2. The summed E-state index contributed by atoms with van der Waals surface area (Å²) < 4.78 is 13.6. The minimum absolute atomic E-state index is 0.0549. The summed E-state index contributed by atoms with van der Waals surface area (Å²) in [6.45, 7) is 3.97. The monoisotopic (exact) mass is 351 g/mol. The number of rotatable bonds is 6. The fraction of sp³-hybridized carbons (Fsp3) is 0.278. The van der Waals surface area contributed by atoms with Crippen LogP contribution in [-0.2, 0) is 10.5 Å².